The Kier molecular flexibility index (Phi) is 5.20. The second-order valence-electron chi connectivity index (χ2n) is 5.70. The molecule has 2 rings (SSSR count). The van der Waals surface area contributed by atoms with Crippen LogP contribution in [-0.2, 0) is 0 Å². The van der Waals surface area contributed by atoms with Crippen molar-refractivity contribution in [2.24, 2.45) is 0 Å². The number of rotatable bonds is 5. The third-order valence-electron chi connectivity index (χ3n) is 4.72. The number of amides is 2. The maximum Gasteiger partial charge on any atom is 0.261 e. The Balaban J connectivity index is 2.03. The van der Waals surface area contributed by atoms with Crippen LogP contribution in [-0.4, -0.2) is 31.3 Å². The third kappa shape index (κ3) is 3.00. The summed E-state index contributed by atoms with van der Waals surface area (Å²) < 4.78 is 0. The molecule has 0 unspecified atom stereocenters. The largest absolute Gasteiger partial charge is 0.273 e. The van der Waals surface area contributed by atoms with Gasteiger partial charge in [-0.25, -0.2) is 0 Å². The lowest BCUT2D eigenvalue weighted by Crippen LogP contribution is -2.31. The highest BCUT2D eigenvalue weighted by molar-refractivity contribution is 6.87. The first-order valence-electron chi connectivity index (χ1n) is 8.03. The molecule has 1 aliphatic heterocycles. The van der Waals surface area contributed by atoms with Crippen molar-refractivity contribution in [3.05, 3.63) is 35.4 Å². The van der Waals surface area contributed by atoms with Crippen LogP contribution >= 0.6 is 0 Å². The molecule has 0 N–H and O–H groups in total. The van der Waals surface area contributed by atoms with Gasteiger partial charge in [0.05, 0.1) is 11.1 Å². The lowest BCUT2D eigenvalue weighted by atomic mass is 10.1. The molecule has 0 bridgehead atoms. The molecule has 22 heavy (non-hydrogen) atoms. The van der Waals surface area contributed by atoms with Crippen molar-refractivity contribution in [2.45, 2.75) is 45.3 Å². The minimum Gasteiger partial charge on any atom is -0.273 e. The van der Waals surface area contributed by atoms with E-state index < -0.39 is 8.07 Å². The smallest absolute Gasteiger partial charge is 0.261 e. The second-order valence-corrected chi connectivity index (χ2v) is 10.6. The number of hydrogen-bond acceptors (Lipinski definition) is 2. The number of fused-ring (bicyclic) bond motifs is 1. The predicted octanol–water partition coefficient (Wildman–Crippen LogP) is 3.72. The third-order valence-corrected chi connectivity index (χ3v) is 9.49. The average molecular weight is 313 g/mol. The van der Waals surface area contributed by atoms with Crippen molar-refractivity contribution in [3.63, 3.8) is 0 Å². The van der Waals surface area contributed by atoms with E-state index in [2.05, 4.69) is 32.2 Å². The molecule has 4 heteroatoms. The van der Waals surface area contributed by atoms with Crippen LogP contribution in [0.1, 0.15) is 47.9 Å². The highest BCUT2D eigenvalue weighted by Crippen LogP contribution is 2.22. The Labute approximate surface area is 133 Å². The summed E-state index contributed by atoms with van der Waals surface area (Å²) in [5.74, 6) is 2.86. The SMILES string of the molecule is CC[Si](C#CCCN1C(=O)c2ccccc2C1=O)(CC)CC. The van der Waals surface area contributed by atoms with E-state index >= 15 is 0 Å². The first-order valence-corrected chi connectivity index (χ1v) is 10.7. The van der Waals surface area contributed by atoms with Crippen LogP contribution in [0.2, 0.25) is 18.1 Å². The lowest BCUT2D eigenvalue weighted by Gasteiger charge is -2.20. The minimum absolute atomic E-state index is 0.188. The Morgan fingerprint density at radius 1 is 0.955 bits per heavy atom. The van der Waals surface area contributed by atoms with Crippen LogP contribution in [0.3, 0.4) is 0 Å². The average Bonchev–Trinajstić information content (AvgIpc) is 2.81. The summed E-state index contributed by atoms with van der Waals surface area (Å²) >= 11 is 0. The number of nitrogens with zero attached hydrogens (tertiary/aromatic N) is 1. The first-order chi connectivity index (χ1) is 10.6. The Hall–Kier alpha value is -1.86. The molecule has 0 aromatic heterocycles. The van der Waals surface area contributed by atoms with Gasteiger partial charge in [-0.3, -0.25) is 14.5 Å². The van der Waals surface area contributed by atoms with Crippen LogP contribution < -0.4 is 0 Å². The van der Waals surface area contributed by atoms with Gasteiger partial charge in [-0.1, -0.05) is 32.9 Å². The summed E-state index contributed by atoms with van der Waals surface area (Å²) in [6.07, 6.45) is 0.570. The van der Waals surface area contributed by atoms with E-state index in [1.165, 1.54) is 23.0 Å². The van der Waals surface area contributed by atoms with Crippen LogP contribution in [0.5, 0.6) is 0 Å². The van der Waals surface area contributed by atoms with Gasteiger partial charge in [0.25, 0.3) is 11.8 Å². The number of carbonyl (C=O) groups is 2. The van der Waals surface area contributed by atoms with Crippen molar-refractivity contribution in [1.82, 2.24) is 4.90 Å². The zero-order chi connectivity index (χ0) is 16.2. The topological polar surface area (TPSA) is 37.4 Å². The molecular weight excluding hydrogens is 290 g/mol. The fourth-order valence-corrected chi connectivity index (χ4v) is 5.41. The van der Waals surface area contributed by atoms with Crippen molar-refractivity contribution >= 4 is 19.9 Å². The Morgan fingerprint density at radius 2 is 1.45 bits per heavy atom. The molecule has 116 valence electrons. The van der Waals surface area contributed by atoms with E-state index in [0.717, 1.165) is 0 Å². The summed E-state index contributed by atoms with van der Waals surface area (Å²) in [7, 11) is -1.44. The van der Waals surface area contributed by atoms with Gasteiger partial charge >= 0.3 is 0 Å². The van der Waals surface area contributed by atoms with E-state index in [-0.39, 0.29) is 11.8 Å². The van der Waals surface area contributed by atoms with Gasteiger partial charge in [-0.15, -0.1) is 11.5 Å². The van der Waals surface area contributed by atoms with Crippen molar-refractivity contribution in [2.75, 3.05) is 6.54 Å². The van der Waals surface area contributed by atoms with Crippen LogP contribution in [0.15, 0.2) is 24.3 Å². The van der Waals surface area contributed by atoms with Gasteiger partial charge in [-0.05, 0) is 30.3 Å². The Bertz CT molecular complexity index is 595. The summed E-state index contributed by atoms with van der Waals surface area (Å²) in [6.45, 7) is 7.05. The quantitative estimate of drug-likeness (QED) is 0.472. The summed E-state index contributed by atoms with van der Waals surface area (Å²) in [4.78, 5) is 25.8. The lowest BCUT2D eigenvalue weighted by molar-refractivity contribution is 0.0658. The summed E-state index contributed by atoms with van der Waals surface area (Å²) in [6, 6.07) is 10.5. The number of hydrogen-bond donors (Lipinski definition) is 0. The van der Waals surface area contributed by atoms with Crippen LogP contribution in [0.4, 0.5) is 0 Å². The molecule has 0 radical (unpaired) electrons. The molecule has 0 saturated heterocycles. The molecule has 1 aromatic carbocycles. The van der Waals surface area contributed by atoms with Gasteiger partial charge in [0.1, 0.15) is 8.07 Å². The molecule has 1 aliphatic rings. The van der Waals surface area contributed by atoms with E-state index in [1.54, 1.807) is 24.3 Å². The normalized spacial score (nSPS) is 13.9. The van der Waals surface area contributed by atoms with Crippen molar-refractivity contribution < 1.29 is 9.59 Å². The van der Waals surface area contributed by atoms with E-state index in [9.17, 15) is 9.59 Å². The highest BCUT2D eigenvalue weighted by Gasteiger charge is 2.34. The van der Waals surface area contributed by atoms with E-state index in [0.29, 0.717) is 24.1 Å². The van der Waals surface area contributed by atoms with Crippen molar-refractivity contribution in [3.8, 4) is 11.5 Å². The van der Waals surface area contributed by atoms with Gasteiger partial charge < -0.3 is 0 Å². The molecule has 1 aromatic rings. The maximum atomic E-state index is 12.2. The number of benzene rings is 1. The van der Waals surface area contributed by atoms with Crippen LogP contribution in [0, 0.1) is 11.5 Å². The molecule has 3 nitrogen and oxygen atoms in total. The molecule has 0 saturated carbocycles. The van der Waals surface area contributed by atoms with E-state index in [1.807, 2.05) is 0 Å². The fourth-order valence-electron chi connectivity index (χ4n) is 2.88. The summed E-state index contributed by atoms with van der Waals surface area (Å²) in [5, 5.41) is 0. The second kappa shape index (κ2) is 6.93. The predicted molar refractivity (Wildman–Crippen MR) is 91.4 cm³/mol. The molecule has 0 aliphatic carbocycles. The standard InChI is InChI=1S/C18H23NO2Si/c1-4-22(5-2,6-3)14-10-9-13-19-17(20)15-11-7-8-12-16(15)18(19)21/h7-8,11-12H,4-6,9,13H2,1-3H3. The number of carbonyl (C=O) groups excluding carboxylic acids is 2. The molecule has 0 spiro atoms. The minimum atomic E-state index is -1.44. The van der Waals surface area contributed by atoms with Gasteiger partial charge in [0.2, 0.25) is 0 Å². The Morgan fingerprint density at radius 3 is 1.91 bits per heavy atom. The summed E-state index contributed by atoms with van der Waals surface area (Å²) in [5.41, 5.74) is 4.52. The van der Waals surface area contributed by atoms with Gasteiger partial charge in [0.15, 0.2) is 0 Å². The molecule has 1 heterocycles. The highest BCUT2D eigenvalue weighted by atomic mass is 28.3. The van der Waals surface area contributed by atoms with Gasteiger partial charge in [0, 0.05) is 13.0 Å². The zero-order valence-electron chi connectivity index (χ0n) is 13.6. The number of imide groups is 1. The molecule has 0 atom stereocenters. The van der Waals surface area contributed by atoms with Crippen molar-refractivity contribution in [1.29, 1.82) is 0 Å². The van der Waals surface area contributed by atoms with E-state index in [4.69, 9.17) is 0 Å². The molecule has 0 fully saturated rings. The zero-order valence-corrected chi connectivity index (χ0v) is 14.6. The van der Waals surface area contributed by atoms with Crippen LogP contribution in [0.25, 0.3) is 0 Å². The van der Waals surface area contributed by atoms with Gasteiger partial charge in [-0.2, -0.15) is 0 Å². The molecule has 2 amide bonds. The molecular formula is C18H23NO2Si. The maximum absolute atomic E-state index is 12.2. The monoisotopic (exact) mass is 313 g/mol. The fraction of sp³-hybridized carbons (Fsp3) is 0.444. The first kappa shape index (κ1) is 16.5.